The van der Waals surface area contributed by atoms with Crippen LogP contribution in [0, 0.1) is 6.92 Å². The van der Waals surface area contributed by atoms with Crippen molar-refractivity contribution < 1.29 is 0 Å². The van der Waals surface area contributed by atoms with E-state index in [9.17, 15) is 0 Å². The summed E-state index contributed by atoms with van der Waals surface area (Å²) in [5.41, 5.74) is 5.83. The normalized spacial score (nSPS) is 10.7. The van der Waals surface area contributed by atoms with Gasteiger partial charge in [0.1, 0.15) is 0 Å². The first-order valence-electron chi connectivity index (χ1n) is 6.97. The third-order valence-electron chi connectivity index (χ3n) is 3.51. The Morgan fingerprint density at radius 2 is 1.95 bits per heavy atom. The number of nitrogens with one attached hydrogen (secondary N) is 1. The molecule has 2 heteroatoms. The molecule has 1 heterocycles. The van der Waals surface area contributed by atoms with Crippen LogP contribution in [0.1, 0.15) is 18.1 Å². The highest BCUT2D eigenvalue weighted by molar-refractivity contribution is 5.93. The molecule has 0 spiro atoms. The molecule has 1 aromatic heterocycles. The summed E-state index contributed by atoms with van der Waals surface area (Å²) in [6, 6.07) is 16.9. The predicted octanol–water partition coefficient (Wildman–Crippen LogP) is 4.85. The Morgan fingerprint density at radius 3 is 2.75 bits per heavy atom. The number of nitrogens with zero attached hydrogens (tertiary/aromatic N) is 1. The number of fused-ring (bicyclic) bond motifs is 1. The van der Waals surface area contributed by atoms with E-state index in [2.05, 4.69) is 66.6 Å². The summed E-state index contributed by atoms with van der Waals surface area (Å²) in [6.07, 6.45) is 2.89. The SMILES string of the molecule is CCc1ccc2nccc(Nc3cccc(C)c3)c2c1. The zero-order valence-electron chi connectivity index (χ0n) is 11.9. The average Bonchev–Trinajstić information content (AvgIpc) is 2.47. The second-order valence-corrected chi connectivity index (χ2v) is 5.06. The molecule has 100 valence electrons. The van der Waals surface area contributed by atoms with Gasteiger partial charge < -0.3 is 5.32 Å². The highest BCUT2D eigenvalue weighted by Crippen LogP contribution is 2.26. The number of anilines is 2. The molecule has 3 aromatic rings. The van der Waals surface area contributed by atoms with Crippen LogP contribution in [0.15, 0.2) is 54.7 Å². The van der Waals surface area contributed by atoms with Crippen molar-refractivity contribution in [1.82, 2.24) is 4.98 Å². The molecule has 1 N–H and O–H groups in total. The largest absolute Gasteiger partial charge is 0.355 e. The number of hydrogen-bond donors (Lipinski definition) is 1. The molecule has 0 fully saturated rings. The fourth-order valence-corrected chi connectivity index (χ4v) is 2.40. The number of aromatic nitrogens is 1. The zero-order valence-corrected chi connectivity index (χ0v) is 11.9. The highest BCUT2D eigenvalue weighted by atomic mass is 14.9. The molecule has 0 amide bonds. The Bertz CT molecular complexity index is 747. The molecule has 0 saturated heterocycles. The molecule has 0 bridgehead atoms. The lowest BCUT2D eigenvalue weighted by Gasteiger charge is -2.11. The van der Waals surface area contributed by atoms with Crippen LogP contribution in [-0.4, -0.2) is 4.98 Å². The van der Waals surface area contributed by atoms with E-state index in [1.807, 2.05) is 12.3 Å². The van der Waals surface area contributed by atoms with Gasteiger partial charge in [0.25, 0.3) is 0 Å². The van der Waals surface area contributed by atoms with Gasteiger partial charge in [0.05, 0.1) is 5.52 Å². The van der Waals surface area contributed by atoms with Crippen molar-refractivity contribution in [2.75, 3.05) is 5.32 Å². The number of benzene rings is 2. The van der Waals surface area contributed by atoms with Crippen molar-refractivity contribution in [3.63, 3.8) is 0 Å². The molecule has 0 unspecified atom stereocenters. The molecule has 3 rings (SSSR count). The van der Waals surface area contributed by atoms with E-state index in [4.69, 9.17) is 0 Å². The standard InChI is InChI=1S/C18H18N2/c1-3-14-7-8-17-16(12-14)18(9-10-19-17)20-15-6-4-5-13(2)11-15/h4-12H,3H2,1-2H3,(H,19,20). The molecule has 0 aliphatic heterocycles. The minimum absolute atomic E-state index is 1.03. The Kier molecular flexibility index (Phi) is 3.38. The number of aryl methyl sites for hydroxylation is 2. The predicted molar refractivity (Wildman–Crippen MR) is 85.6 cm³/mol. The summed E-state index contributed by atoms with van der Waals surface area (Å²) in [4.78, 5) is 4.44. The quantitative estimate of drug-likeness (QED) is 0.730. The second-order valence-electron chi connectivity index (χ2n) is 5.06. The van der Waals surface area contributed by atoms with Crippen molar-refractivity contribution in [1.29, 1.82) is 0 Å². The van der Waals surface area contributed by atoms with Crippen LogP contribution in [0.25, 0.3) is 10.9 Å². The van der Waals surface area contributed by atoms with Crippen LogP contribution in [0.5, 0.6) is 0 Å². The van der Waals surface area contributed by atoms with E-state index in [0.29, 0.717) is 0 Å². The second kappa shape index (κ2) is 5.33. The van der Waals surface area contributed by atoms with Gasteiger partial charge in [-0.25, -0.2) is 0 Å². The van der Waals surface area contributed by atoms with Crippen molar-refractivity contribution in [2.24, 2.45) is 0 Å². The van der Waals surface area contributed by atoms with Crippen LogP contribution in [0.3, 0.4) is 0 Å². The van der Waals surface area contributed by atoms with E-state index >= 15 is 0 Å². The van der Waals surface area contributed by atoms with Crippen LogP contribution in [0.4, 0.5) is 11.4 Å². The smallest absolute Gasteiger partial charge is 0.0723 e. The van der Waals surface area contributed by atoms with Gasteiger partial charge in [-0.3, -0.25) is 4.98 Å². The van der Waals surface area contributed by atoms with Crippen LogP contribution in [0.2, 0.25) is 0 Å². The molecule has 0 aliphatic rings. The Balaban J connectivity index is 2.06. The lowest BCUT2D eigenvalue weighted by molar-refractivity contribution is 1.14. The Labute approximate surface area is 119 Å². The fraction of sp³-hybridized carbons (Fsp3) is 0.167. The van der Waals surface area contributed by atoms with E-state index in [-0.39, 0.29) is 0 Å². The summed E-state index contributed by atoms with van der Waals surface area (Å²) < 4.78 is 0. The third-order valence-corrected chi connectivity index (χ3v) is 3.51. The van der Waals surface area contributed by atoms with Gasteiger partial charge in [-0.1, -0.05) is 25.1 Å². The lowest BCUT2D eigenvalue weighted by atomic mass is 10.1. The molecular formula is C18H18N2. The van der Waals surface area contributed by atoms with E-state index in [0.717, 1.165) is 23.3 Å². The first-order valence-corrected chi connectivity index (χ1v) is 6.97. The van der Waals surface area contributed by atoms with Gasteiger partial charge in [-0.05, 0) is 54.8 Å². The lowest BCUT2D eigenvalue weighted by Crippen LogP contribution is -1.93. The molecular weight excluding hydrogens is 244 g/mol. The molecule has 0 saturated carbocycles. The first-order chi connectivity index (χ1) is 9.76. The van der Waals surface area contributed by atoms with Gasteiger partial charge >= 0.3 is 0 Å². The summed E-state index contributed by atoms with van der Waals surface area (Å²) in [7, 11) is 0. The monoisotopic (exact) mass is 262 g/mol. The summed E-state index contributed by atoms with van der Waals surface area (Å²) in [5, 5.41) is 4.67. The number of hydrogen-bond acceptors (Lipinski definition) is 2. The van der Waals surface area contributed by atoms with E-state index in [1.54, 1.807) is 0 Å². The van der Waals surface area contributed by atoms with Crippen molar-refractivity contribution in [2.45, 2.75) is 20.3 Å². The topological polar surface area (TPSA) is 24.9 Å². The van der Waals surface area contributed by atoms with Crippen molar-refractivity contribution in [3.8, 4) is 0 Å². The minimum atomic E-state index is 1.03. The maximum Gasteiger partial charge on any atom is 0.0723 e. The number of pyridine rings is 1. The molecule has 2 nitrogen and oxygen atoms in total. The first kappa shape index (κ1) is 12.7. The molecule has 20 heavy (non-hydrogen) atoms. The average molecular weight is 262 g/mol. The minimum Gasteiger partial charge on any atom is -0.355 e. The van der Waals surface area contributed by atoms with E-state index in [1.165, 1.54) is 16.5 Å². The molecule has 0 atom stereocenters. The van der Waals surface area contributed by atoms with Gasteiger partial charge in [0, 0.05) is 23.0 Å². The summed E-state index contributed by atoms with van der Waals surface area (Å²) in [6.45, 7) is 4.27. The fourth-order valence-electron chi connectivity index (χ4n) is 2.40. The van der Waals surface area contributed by atoms with Crippen LogP contribution >= 0.6 is 0 Å². The van der Waals surface area contributed by atoms with Gasteiger partial charge in [0.15, 0.2) is 0 Å². The van der Waals surface area contributed by atoms with E-state index < -0.39 is 0 Å². The molecule has 0 aliphatic carbocycles. The van der Waals surface area contributed by atoms with Crippen molar-refractivity contribution in [3.05, 3.63) is 65.9 Å². The van der Waals surface area contributed by atoms with Crippen LogP contribution in [-0.2, 0) is 6.42 Å². The maximum absolute atomic E-state index is 4.44. The Morgan fingerprint density at radius 1 is 1.05 bits per heavy atom. The summed E-state index contributed by atoms with van der Waals surface area (Å²) >= 11 is 0. The van der Waals surface area contributed by atoms with Crippen LogP contribution < -0.4 is 5.32 Å². The van der Waals surface area contributed by atoms with Crippen molar-refractivity contribution >= 4 is 22.3 Å². The van der Waals surface area contributed by atoms with Gasteiger partial charge in [-0.15, -0.1) is 0 Å². The number of rotatable bonds is 3. The Hall–Kier alpha value is -2.35. The maximum atomic E-state index is 4.44. The zero-order chi connectivity index (χ0) is 13.9. The molecule has 2 aromatic carbocycles. The van der Waals surface area contributed by atoms with Gasteiger partial charge in [0.2, 0.25) is 0 Å². The highest BCUT2D eigenvalue weighted by Gasteiger charge is 2.03. The third kappa shape index (κ3) is 2.50. The van der Waals surface area contributed by atoms with Gasteiger partial charge in [-0.2, -0.15) is 0 Å². The summed E-state index contributed by atoms with van der Waals surface area (Å²) in [5.74, 6) is 0. The molecule has 0 radical (unpaired) electrons.